The average Bonchev–Trinajstić information content (AvgIpc) is 2.67. The number of hydrogen-bond donors (Lipinski definition) is 0. The summed E-state index contributed by atoms with van der Waals surface area (Å²) in [5, 5.41) is 0. The number of carbonyl (C=O) groups excluding carboxylic acids is 1. The van der Waals surface area contributed by atoms with Gasteiger partial charge in [-0.3, -0.25) is 9.69 Å². The molecule has 1 unspecified atom stereocenters. The fourth-order valence-corrected chi connectivity index (χ4v) is 4.28. The fourth-order valence-electron chi connectivity index (χ4n) is 4.28. The van der Waals surface area contributed by atoms with Crippen molar-refractivity contribution in [3.63, 3.8) is 0 Å². The first-order valence-electron chi connectivity index (χ1n) is 8.72. The quantitative estimate of drug-likeness (QED) is 0.837. The second-order valence-electron chi connectivity index (χ2n) is 6.99. The summed E-state index contributed by atoms with van der Waals surface area (Å²) in [5.74, 6) is 0.207. The minimum Gasteiger partial charge on any atom is -0.337 e. The van der Waals surface area contributed by atoms with E-state index in [0.29, 0.717) is 0 Å². The lowest BCUT2D eigenvalue weighted by Gasteiger charge is -2.48. The zero-order valence-corrected chi connectivity index (χ0v) is 14.0. The molecule has 0 radical (unpaired) electrons. The van der Waals surface area contributed by atoms with Crippen LogP contribution in [0.3, 0.4) is 0 Å². The molecule has 1 aromatic rings. The van der Waals surface area contributed by atoms with Gasteiger partial charge in [-0.05, 0) is 49.9 Å². The maximum absolute atomic E-state index is 12.2. The van der Waals surface area contributed by atoms with Gasteiger partial charge in [-0.1, -0.05) is 37.6 Å². The van der Waals surface area contributed by atoms with Crippen LogP contribution in [0, 0.1) is 0 Å². The highest BCUT2D eigenvalue weighted by Gasteiger charge is 2.42. The average molecular weight is 300 g/mol. The molecule has 0 aliphatic carbocycles. The number of carbonyl (C=O) groups is 1. The molecule has 0 saturated carbocycles. The van der Waals surface area contributed by atoms with Gasteiger partial charge in [0.25, 0.3) is 0 Å². The van der Waals surface area contributed by atoms with Crippen LogP contribution in [0.4, 0.5) is 0 Å². The standard InChI is InChI=1S/C19H28N2O/c1-3-11-21-12-7-6-10-19(21)13-17-8-4-5-9-18(17)14-20(15-19)16(2)22/h4-5,8-9H,3,6-7,10-15H2,1-2H3. The van der Waals surface area contributed by atoms with Crippen molar-refractivity contribution in [2.75, 3.05) is 19.6 Å². The Bertz CT molecular complexity index is 540. The lowest BCUT2D eigenvalue weighted by molar-refractivity contribution is -0.132. The maximum atomic E-state index is 12.2. The van der Waals surface area contributed by atoms with Crippen LogP contribution in [0.25, 0.3) is 0 Å². The number of amides is 1. The highest BCUT2D eigenvalue weighted by atomic mass is 16.2. The van der Waals surface area contributed by atoms with Gasteiger partial charge in [0.15, 0.2) is 0 Å². The van der Waals surface area contributed by atoms with Gasteiger partial charge >= 0.3 is 0 Å². The Morgan fingerprint density at radius 3 is 2.73 bits per heavy atom. The topological polar surface area (TPSA) is 23.6 Å². The van der Waals surface area contributed by atoms with Gasteiger partial charge < -0.3 is 4.90 Å². The van der Waals surface area contributed by atoms with Gasteiger partial charge in [0.05, 0.1) is 0 Å². The third-order valence-corrected chi connectivity index (χ3v) is 5.41. The first-order valence-corrected chi connectivity index (χ1v) is 8.72. The highest BCUT2D eigenvalue weighted by Crippen LogP contribution is 2.36. The Hall–Kier alpha value is -1.35. The van der Waals surface area contributed by atoms with E-state index < -0.39 is 0 Å². The Balaban J connectivity index is 2.00. The van der Waals surface area contributed by atoms with Gasteiger partial charge in [-0.2, -0.15) is 0 Å². The first kappa shape index (κ1) is 15.5. The normalized spacial score (nSPS) is 25.8. The summed E-state index contributed by atoms with van der Waals surface area (Å²) >= 11 is 0. The van der Waals surface area contributed by atoms with E-state index in [9.17, 15) is 4.79 Å². The van der Waals surface area contributed by atoms with E-state index >= 15 is 0 Å². The predicted molar refractivity (Wildman–Crippen MR) is 89.7 cm³/mol. The summed E-state index contributed by atoms with van der Waals surface area (Å²) < 4.78 is 0. The second-order valence-corrected chi connectivity index (χ2v) is 6.99. The lowest BCUT2D eigenvalue weighted by atomic mass is 9.80. The van der Waals surface area contributed by atoms with Crippen LogP contribution in [0.1, 0.15) is 50.7 Å². The molecule has 2 heterocycles. The molecule has 1 saturated heterocycles. The number of benzene rings is 1. The van der Waals surface area contributed by atoms with Gasteiger partial charge in [-0.25, -0.2) is 0 Å². The molecule has 3 rings (SSSR count). The van der Waals surface area contributed by atoms with E-state index in [-0.39, 0.29) is 11.4 Å². The maximum Gasteiger partial charge on any atom is 0.219 e. The summed E-state index contributed by atoms with van der Waals surface area (Å²) in [4.78, 5) is 16.9. The summed E-state index contributed by atoms with van der Waals surface area (Å²) in [6, 6.07) is 8.69. The Morgan fingerprint density at radius 2 is 2.00 bits per heavy atom. The molecule has 3 nitrogen and oxygen atoms in total. The molecule has 1 amide bonds. The molecule has 120 valence electrons. The number of piperidine rings is 1. The number of fused-ring (bicyclic) bond motifs is 1. The third kappa shape index (κ3) is 2.91. The molecule has 22 heavy (non-hydrogen) atoms. The lowest BCUT2D eigenvalue weighted by Crippen LogP contribution is -2.59. The number of hydrogen-bond acceptors (Lipinski definition) is 2. The van der Waals surface area contributed by atoms with Crippen LogP contribution < -0.4 is 0 Å². The molecule has 2 aliphatic rings. The van der Waals surface area contributed by atoms with Crippen LogP contribution in [0.15, 0.2) is 24.3 Å². The van der Waals surface area contributed by atoms with Crippen LogP contribution in [-0.4, -0.2) is 40.9 Å². The van der Waals surface area contributed by atoms with Crippen LogP contribution in [-0.2, 0) is 17.8 Å². The van der Waals surface area contributed by atoms with E-state index in [1.807, 2.05) is 0 Å². The van der Waals surface area contributed by atoms with Crippen LogP contribution in [0.2, 0.25) is 0 Å². The summed E-state index contributed by atoms with van der Waals surface area (Å²) in [6.07, 6.45) is 6.07. The fraction of sp³-hybridized carbons (Fsp3) is 0.632. The van der Waals surface area contributed by atoms with Crippen molar-refractivity contribution in [2.45, 2.75) is 58.0 Å². The SMILES string of the molecule is CCCN1CCCCC12Cc1ccccc1CN(C(C)=O)C2. The monoisotopic (exact) mass is 300 g/mol. The van der Waals surface area contributed by atoms with Crippen molar-refractivity contribution in [1.82, 2.24) is 9.80 Å². The second kappa shape index (κ2) is 6.41. The van der Waals surface area contributed by atoms with Crippen molar-refractivity contribution in [3.05, 3.63) is 35.4 Å². The van der Waals surface area contributed by atoms with Gasteiger partial charge in [0.1, 0.15) is 0 Å². The Labute approximate surface area is 134 Å². The molecule has 0 aromatic heterocycles. The molecule has 1 fully saturated rings. The van der Waals surface area contributed by atoms with Crippen molar-refractivity contribution in [1.29, 1.82) is 0 Å². The highest BCUT2D eigenvalue weighted by molar-refractivity contribution is 5.73. The molecule has 3 heteroatoms. The van der Waals surface area contributed by atoms with E-state index in [4.69, 9.17) is 0 Å². The van der Waals surface area contributed by atoms with Gasteiger partial charge in [0.2, 0.25) is 5.91 Å². The molecule has 2 aliphatic heterocycles. The zero-order chi connectivity index (χ0) is 15.6. The van der Waals surface area contributed by atoms with Crippen molar-refractivity contribution in [2.24, 2.45) is 0 Å². The van der Waals surface area contributed by atoms with E-state index in [1.54, 1.807) is 6.92 Å². The van der Waals surface area contributed by atoms with E-state index in [0.717, 1.165) is 26.1 Å². The predicted octanol–water partition coefficient (Wildman–Crippen LogP) is 3.23. The molecule has 0 N–H and O–H groups in total. The van der Waals surface area contributed by atoms with E-state index in [1.165, 1.54) is 43.4 Å². The zero-order valence-electron chi connectivity index (χ0n) is 14.0. The summed E-state index contributed by atoms with van der Waals surface area (Å²) in [5.41, 5.74) is 2.91. The van der Waals surface area contributed by atoms with Gasteiger partial charge in [0, 0.05) is 25.6 Å². The van der Waals surface area contributed by atoms with Crippen molar-refractivity contribution < 1.29 is 4.79 Å². The van der Waals surface area contributed by atoms with Gasteiger partial charge in [-0.15, -0.1) is 0 Å². The van der Waals surface area contributed by atoms with Crippen LogP contribution in [0.5, 0.6) is 0 Å². The Morgan fingerprint density at radius 1 is 1.23 bits per heavy atom. The first-order chi connectivity index (χ1) is 10.6. The van der Waals surface area contributed by atoms with E-state index in [2.05, 4.69) is 41.0 Å². The molecule has 1 atom stereocenters. The summed E-state index contributed by atoms with van der Waals surface area (Å²) in [7, 11) is 0. The van der Waals surface area contributed by atoms with Crippen molar-refractivity contribution >= 4 is 5.91 Å². The molecule has 0 bridgehead atoms. The molecule has 1 aromatic carbocycles. The smallest absolute Gasteiger partial charge is 0.219 e. The van der Waals surface area contributed by atoms with Crippen LogP contribution >= 0.6 is 0 Å². The number of likely N-dealkylation sites (tertiary alicyclic amines) is 1. The number of rotatable bonds is 2. The molecular formula is C19H28N2O. The Kier molecular flexibility index (Phi) is 4.53. The largest absolute Gasteiger partial charge is 0.337 e. The molecular weight excluding hydrogens is 272 g/mol. The van der Waals surface area contributed by atoms with Crippen molar-refractivity contribution in [3.8, 4) is 0 Å². The third-order valence-electron chi connectivity index (χ3n) is 5.41. The molecule has 1 spiro atoms. The number of nitrogens with zero attached hydrogens (tertiary/aromatic N) is 2. The minimum absolute atomic E-state index is 0.145. The minimum atomic E-state index is 0.145. The summed E-state index contributed by atoms with van der Waals surface area (Å²) in [6.45, 7) is 7.96.